The number of nitrogens with one attached hydrogen (secondary N) is 2. The normalized spacial score (nSPS) is 14.9. The lowest BCUT2D eigenvalue weighted by Crippen LogP contribution is -2.44. The average Bonchev–Trinajstić information content (AvgIpc) is 3.24. The Hall–Kier alpha value is -3.26. The summed E-state index contributed by atoms with van der Waals surface area (Å²) in [5, 5.41) is 9.75. The molecule has 0 atom stereocenters. The highest BCUT2D eigenvalue weighted by atomic mass is 16.1. The Labute approximate surface area is 157 Å². The predicted octanol–water partition coefficient (Wildman–Crippen LogP) is 1.87. The van der Waals surface area contributed by atoms with Crippen LogP contribution in [0.15, 0.2) is 48.9 Å². The van der Waals surface area contributed by atoms with E-state index in [2.05, 4.69) is 42.3 Å². The number of piperazine rings is 1. The molecule has 0 radical (unpaired) electrons. The Balaban J connectivity index is 1.44. The Morgan fingerprint density at radius 2 is 1.85 bits per heavy atom. The molecule has 0 unspecified atom stereocenters. The fourth-order valence-electron chi connectivity index (χ4n) is 3.02. The number of amides is 1. The summed E-state index contributed by atoms with van der Waals surface area (Å²) in [6.45, 7) is 3.75. The van der Waals surface area contributed by atoms with Gasteiger partial charge < -0.3 is 15.1 Å². The number of rotatable bonds is 4. The van der Waals surface area contributed by atoms with Crippen molar-refractivity contribution in [1.82, 2.24) is 25.1 Å². The number of H-pyrrole nitrogens is 1. The van der Waals surface area contributed by atoms with E-state index in [1.54, 1.807) is 12.3 Å². The third-order valence-corrected chi connectivity index (χ3v) is 4.67. The number of carbonyl (C=O) groups excluding carboxylic acids is 1. The van der Waals surface area contributed by atoms with Crippen LogP contribution in [0.2, 0.25) is 0 Å². The summed E-state index contributed by atoms with van der Waals surface area (Å²) >= 11 is 0. The molecule has 1 saturated heterocycles. The molecular formula is C19H21N7O. The van der Waals surface area contributed by atoms with E-state index in [-0.39, 0.29) is 5.91 Å². The number of anilines is 2. The van der Waals surface area contributed by atoms with Gasteiger partial charge in [-0.2, -0.15) is 5.10 Å². The lowest BCUT2D eigenvalue weighted by molar-refractivity contribution is 0.102. The molecule has 0 aliphatic carbocycles. The van der Waals surface area contributed by atoms with Crippen molar-refractivity contribution in [1.29, 1.82) is 0 Å². The fourth-order valence-corrected chi connectivity index (χ4v) is 3.02. The van der Waals surface area contributed by atoms with Crippen LogP contribution in [0.5, 0.6) is 0 Å². The number of likely N-dealkylation sites (N-methyl/N-ethyl adjacent to an activating group) is 1. The maximum absolute atomic E-state index is 12.6. The molecule has 1 aliphatic rings. The molecule has 4 rings (SSSR count). The van der Waals surface area contributed by atoms with Crippen LogP contribution in [0.3, 0.4) is 0 Å². The van der Waals surface area contributed by atoms with Crippen molar-refractivity contribution in [3.8, 4) is 11.3 Å². The highest BCUT2D eigenvalue weighted by Crippen LogP contribution is 2.20. The van der Waals surface area contributed by atoms with Gasteiger partial charge in [0.15, 0.2) is 0 Å². The van der Waals surface area contributed by atoms with Crippen LogP contribution in [0.4, 0.5) is 11.5 Å². The molecule has 3 heterocycles. The van der Waals surface area contributed by atoms with Crippen LogP contribution >= 0.6 is 0 Å². The number of hydrogen-bond acceptors (Lipinski definition) is 6. The van der Waals surface area contributed by atoms with E-state index in [9.17, 15) is 4.79 Å². The van der Waals surface area contributed by atoms with Gasteiger partial charge in [-0.3, -0.25) is 9.89 Å². The molecule has 1 fully saturated rings. The molecule has 1 aromatic carbocycles. The molecule has 0 spiro atoms. The fraction of sp³-hybridized carbons (Fsp3) is 0.263. The van der Waals surface area contributed by atoms with Gasteiger partial charge in [-0.15, -0.1) is 0 Å². The second kappa shape index (κ2) is 7.55. The highest BCUT2D eigenvalue weighted by Gasteiger charge is 2.17. The summed E-state index contributed by atoms with van der Waals surface area (Å²) in [6, 6.07) is 11.2. The van der Waals surface area contributed by atoms with Crippen molar-refractivity contribution in [2.24, 2.45) is 0 Å². The molecule has 8 heteroatoms. The Bertz CT molecular complexity index is 900. The minimum absolute atomic E-state index is 0.248. The quantitative estimate of drug-likeness (QED) is 0.735. The molecule has 27 heavy (non-hydrogen) atoms. The number of carbonyl (C=O) groups is 1. The first-order valence-electron chi connectivity index (χ1n) is 8.86. The molecule has 138 valence electrons. The minimum Gasteiger partial charge on any atom is -0.354 e. The second-order valence-electron chi connectivity index (χ2n) is 6.55. The van der Waals surface area contributed by atoms with Crippen molar-refractivity contribution in [2.75, 3.05) is 43.4 Å². The monoisotopic (exact) mass is 363 g/mol. The molecule has 2 N–H and O–H groups in total. The average molecular weight is 363 g/mol. The zero-order valence-electron chi connectivity index (χ0n) is 15.1. The summed E-state index contributed by atoms with van der Waals surface area (Å²) in [5.74, 6) is 0.542. The molecule has 0 saturated carbocycles. The molecular weight excluding hydrogens is 342 g/mol. The van der Waals surface area contributed by atoms with Crippen LogP contribution < -0.4 is 10.2 Å². The van der Waals surface area contributed by atoms with Gasteiger partial charge in [-0.05, 0) is 30.8 Å². The standard InChI is InChI=1S/C19H21N7O/c1-25-8-10-26(11-9-25)18-12-17(20-13-21-18)19(27)23-15-4-2-14(3-5-15)16-6-7-22-24-16/h2-7,12-13H,8-11H2,1H3,(H,22,24)(H,23,27). The number of aromatic amines is 1. The highest BCUT2D eigenvalue weighted by molar-refractivity contribution is 6.03. The van der Waals surface area contributed by atoms with Gasteiger partial charge >= 0.3 is 0 Å². The maximum Gasteiger partial charge on any atom is 0.274 e. The topological polar surface area (TPSA) is 90.0 Å². The predicted molar refractivity (Wildman–Crippen MR) is 104 cm³/mol. The lowest BCUT2D eigenvalue weighted by atomic mass is 10.1. The second-order valence-corrected chi connectivity index (χ2v) is 6.55. The summed E-state index contributed by atoms with van der Waals surface area (Å²) in [6.07, 6.45) is 3.15. The molecule has 1 amide bonds. The van der Waals surface area contributed by atoms with Gasteiger partial charge in [0.2, 0.25) is 0 Å². The molecule has 1 aliphatic heterocycles. The SMILES string of the molecule is CN1CCN(c2cc(C(=O)Nc3ccc(-c4ccn[nH]4)cc3)ncn2)CC1. The zero-order valence-corrected chi connectivity index (χ0v) is 15.1. The Morgan fingerprint density at radius 3 is 2.56 bits per heavy atom. The number of benzene rings is 1. The number of aromatic nitrogens is 4. The van der Waals surface area contributed by atoms with E-state index < -0.39 is 0 Å². The van der Waals surface area contributed by atoms with Gasteiger partial charge in [0.25, 0.3) is 5.91 Å². The van der Waals surface area contributed by atoms with Crippen molar-refractivity contribution in [3.05, 3.63) is 54.6 Å². The third-order valence-electron chi connectivity index (χ3n) is 4.67. The van der Waals surface area contributed by atoms with Crippen LogP contribution in [0.1, 0.15) is 10.5 Å². The van der Waals surface area contributed by atoms with E-state index in [4.69, 9.17) is 0 Å². The summed E-state index contributed by atoms with van der Waals surface area (Å²) in [7, 11) is 2.10. The van der Waals surface area contributed by atoms with E-state index >= 15 is 0 Å². The lowest BCUT2D eigenvalue weighted by Gasteiger charge is -2.33. The first kappa shape index (κ1) is 17.2. The molecule has 8 nitrogen and oxygen atoms in total. The minimum atomic E-state index is -0.248. The number of nitrogens with zero attached hydrogens (tertiary/aromatic N) is 5. The Kier molecular flexibility index (Phi) is 4.80. The molecule has 3 aromatic rings. The van der Waals surface area contributed by atoms with Crippen LogP contribution in [0, 0.1) is 0 Å². The van der Waals surface area contributed by atoms with Crippen molar-refractivity contribution >= 4 is 17.4 Å². The largest absolute Gasteiger partial charge is 0.354 e. The molecule has 2 aromatic heterocycles. The summed E-state index contributed by atoms with van der Waals surface area (Å²) in [5.41, 5.74) is 3.00. The van der Waals surface area contributed by atoms with E-state index in [0.717, 1.165) is 43.3 Å². The molecule has 0 bridgehead atoms. The van der Waals surface area contributed by atoms with Gasteiger partial charge in [-0.1, -0.05) is 12.1 Å². The summed E-state index contributed by atoms with van der Waals surface area (Å²) in [4.78, 5) is 25.5. The van der Waals surface area contributed by atoms with Crippen LogP contribution in [-0.2, 0) is 0 Å². The first-order chi connectivity index (χ1) is 13.2. The van der Waals surface area contributed by atoms with Crippen molar-refractivity contribution in [3.63, 3.8) is 0 Å². The zero-order chi connectivity index (χ0) is 18.6. The van der Waals surface area contributed by atoms with E-state index in [1.165, 1.54) is 6.33 Å². The van der Waals surface area contributed by atoms with E-state index in [1.807, 2.05) is 30.3 Å². The van der Waals surface area contributed by atoms with Gasteiger partial charge in [0, 0.05) is 44.1 Å². The van der Waals surface area contributed by atoms with Crippen molar-refractivity contribution in [2.45, 2.75) is 0 Å². The van der Waals surface area contributed by atoms with Gasteiger partial charge in [0.1, 0.15) is 17.8 Å². The van der Waals surface area contributed by atoms with Gasteiger partial charge in [-0.25, -0.2) is 9.97 Å². The van der Waals surface area contributed by atoms with Crippen LogP contribution in [0.25, 0.3) is 11.3 Å². The summed E-state index contributed by atoms with van der Waals surface area (Å²) < 4.78 is 0. The Morgan fingerprint density at radius 1 is 1.07 bits per heavy atom. The van der Waals surface area contributed by atoms with Gasteiger partial charge in [0.05, 0.1) is 5.69 Å². The smallest absolute Gasteiger partial charge is 0.274 e. The third kappa shape index (κ3) is 3.95. The first-order valence-corrected chi connectivity index (χ1v) is 8.86. The maximum atomic E-state index is 12.6. The van der Waals surface area contributed by atoms with E-state index in [0.29, 0.717) is 11.4 Å². The number of hydrogen-bond donors (Lipinski definition) is 2. The van der Waals surface area contributed by atoms with Crippen LogP contribution in [-0.4, -0.2) is 64.2 Å². The van der Waals surface area contributed by atoms with Crippen molar-refractivity contribution < 1.29 is 4.79 Å².